The summed E-state index contributed by atoms with van der Waals surface area (Å²) in [4.78, 5) is 9.63. The largest absolute Gasteiger partial charge is 0.379 e. The van der Waals surface area contributed by atoms with Gasteiger partial charge in [-0.25, -0.2) is 0 Å². The van der Waals surface area contributed by atoms with Crippen molar-refractivity contribution in [2.45, 2.75) is 58.4 Å². The lowest BCUT2D eigenvalue weighted by Crippen LogP contribution is -2.53. The Morgan fingerprint density at radius 1 is 1.00 bits per heavy atom. The average Bonchev–Trinajstić information content (AvgIpc) is 3.23. The number of morpholine rings is 1. The van der Waals surface area contributed by atoms with Crippen molar-refractivity contribution in [1.29, 1.82) is 0 Å². The summed E-state index contributed by atoms with van der Waals surface area (Å²) in [6, 6.07) is 0.553. The third kappa shape index (κ3) is 7.96. The van der Waals surface area contributed by atoms with Crippen LogP contribution in [0.15, 0.2) is 4.99 Å². The van der Waals surface area contributed by atoms with E-state index in [-0.39, 0.29) is 0 Å². The normalized spacial score (nSPS) is 21.0. The highest BCUT2D eigenvalue weighted by Crippen LogP contribution is 2.19. The lowest BCUT2D eigenvalue weighted by atomic mass is 9.92. The third-order valence-corrected chi connectivity index (χ3v) is 6.20. The molecule has 0 saturated carbocycles. The van der Waals surface area contributed by atoms with Gasteiger partial charge in [0.25, 0.3) is 0 Å². The minimum absolute atomic E-state index is 0.553. The summed E-state index contributed by atoms with van der Waals surface area (Å²) in [6.45, 7) is 14.3. The van der Waals surface area contributed by atoms with Crippen LogP contribution in [-0.4, -0.2) is 87.9 Å². The van der Waals surface area contributed by atoms with Crippen molar-refractivity contribution in [2.24, 2.45) is 10.9 Å². The summed E-state index contributed by atoms with van der Waals surface area (Å²) in [7, 11) is 1.88. The maximum Gasteiger partial charge on any atom is 0.191 e. The van der Waals surface area contributed by atoms with E-state index in [2.05, 4.69) is 39.3 Å². The fraction of sp³-hybridized carbons (Fsp3) is 0.952. The molecule has 0 bridgehead atoms. The van der Waals surface area contributed by atoms with Crippen LogP contribution in [0.3, 0.4) is 0 Å². The molecule has 2 N–H and O–H groups in total. The maximum absolute atomic E-state index is 5.55. The smallest absolute Gasteiger partial charge is 0.191 e. The maximum atomic E-state index is 5.55. The molecule has 0 aromatic rings. The van der Waals surface area contributed by atoms with Gasteiger partial charge in [-0.1, -0.05) is 26.7 Å². The summed E-state index contributed by atoms with van der Waals surface area (Å²) >= 11 is 0. The molecule has 2 heterocycles. The molecular weight excluding hydrogens is 338 g/mol. The van der Waals surface area contributed by atoms with Crippen molar-refractivity contribution in [3.63, 3.8) is 0 Å². The highest BCUT2D eigenvalue weighted by atomic mass is 16.5. The summed E-state index contributed by atoms with van der Waals surface area (Å²) < 4.78 is 5.55. The molecule has 0 amide bonds. The van der Waals surface area contributed by atoms with Crippen LogP contribution < -0.4 is 10.6 Å². The topological polar surface area (TPSA) is 52.1 Å². The molecule has 0 spiro atoms. The van der Waals surface area contributed by atoms with Crippen LogP contribution >= 0.6 is 0 Å². The minimum atomic E-state index is 0.553. The van der Waals surface area contributed by atoms with Gasteiger partial charge in [0.05, 0.1) is 13.2 Å². The number of guanidine groups is 1. The lowest BCUT2D eigenvalue weighted by molar-refractivity contribution is 0.00272. The average molecular weight is 382 g/mol. The third-order valence-electron chi connectivity index (χ3n) is 6.20. The van der Waals surface area contributed by atoms with Gasteiger partial charge in [0.2, 0.25) is 0 Å². The molecule has 27 heavy (non-hydrogen) atoms. The Kier molecular flexibility index (Phi) is 11.1. The van der Waals surface area contributed by atoms with Crippen LogP contribution in [0.4, 0.5) is 0 Å². The number of ether oxygens (including phenoxy) is 1. The number of likely N-dealkylation sites (tertiary alicyclic amines) is 1. The second-order valence-corrected chi connectivity index (χ2v) is 7.93. The molecular formula is C21H43N5O. The first kappa shape index (κ1) is 22.4. The molecule has 0 radical (unpaired) electrons. The van der Waals surface area contributed by atoms with Crippen molar-refractivity contribution < 1.29 is 4.74 Å². The van der Waals surface area contributed by atoms with E-state index in [0.29, 0.717) is 12.0 Å². The first-order valence-electron chi connectivity index (χ1n) is 11.3. The Hall–Kier alpha value is -0.850. The van der Waals surface area contributed by atoms with Gasteiger partial charge < -0.3 is 20.3 Å². The van der Waals surface area contributed by atoms with E-state index in [1.807, 2.05) is 7.05 Å². The molecule has 1 unspecified atom stereocenters. The molecule has 2 rings (SSSR count). The van der Waals surface area contributed by atoms with Gasteiger partial charge in [-0.05, 0) is 51.2 Å². The Balaban J connectivity index is 1.70. The Labute approximate surface area is 167 Å². The summed E-state index contributed by atoms with van der Waals surface area (Å²) in [6.07, 6.45) is 7.70. The quantitative estimate of drug-likeness (QED) is 0.326. The first-order valence-corrected chi connectivity index (χ1v) is 11.3. The van der Waals surface area contributed by atoms with E-state index in [9.17, 15) is 0 Å². The number of aliphatic imine (C=N–C) groups is 1. The fourth-order valence-electron chi connectivity index (χ4n) is 4.43. The van der Waals surface area contributed by atoms with Gasteiger partial charge in [-0.3, -0.25) is 9.89 Å². The van der Waals surface area contributed by atoms with Crippen LogP contribution in [0, 0.1) is 5.92 Å². The van der Waals surface area contributed by atoms with E-state index in [0.717, 1.165) is 45.4 Å². The second kappa shape index (κ2) is 13.3. The Morgan fingerprint density at radius 2 is 1.70 bits per heavy atom. The fourth-order valence-corrected chi connectivity index (χ4v) is 4.43. The number of nitrogens with one attached hydrogen (secondary N) is 2. The minimum Gasteiger partial charge on any atom is -0.379 e. The predicted octanol–water partition coefficient (Wildman–Crippen LogP) is 2.16. The zero-order valence-corrected chi connectivity index (χ0v) is 18.0. The highest BCUT2D eigenvalue weighted by molar-refractivity contribution is 5.79. The molecule has 6 nitrogen and oxygen atoms in total. The van der Waals surface area contributed by atoms with Gasteiger partial charge in [-0.2, -0.15) is 0 Å². The first-order chi connectivity index (χ1) is 13.3. The van der Waals surface area contributed by atoms with Gasteiger partial charge in [0.15, 0.2) is 5.96 Å². The second-order valence-electron chi connectivity index (χ2n) is 7.93. The number of hydrogen-bond acceptors (Lipinski definition) is 4. The number of rotatable bonds is 11. The molecule has 2 saturated heterocycles. The summed E-state index contributed by atoms with van der Waals surface area (Å²) in [5, 5.41) is 7.10. The SMILES string of the molecule is CCC(CC)C(CNC(=NC)NCCCCN1CCCC1)N1CCOCC1. The van der Waals surface area contributed by atoms with Gasteiger partial charge >= 0.3 is 0 Å². The van der Waals surface area contributed by atoms with Crippen LogP contribution in [0.25, 0.3) is 0 Å². The zero-order valence-electron chi connectivity index (χ0n) is 18.0. The molecule has 0 aromatic heterocycles. The summed E-state index contributed by atoms with van der Waals surface area (Å²) in [5.74, 6) is 1.66. The Bertz CT molecular complexity index is 401. The molecule has 2 aliphatic heterocycles. The van der Waals surface area contributed by atoms with Crippen molar-refractivity contribution in [3.8, 4) is 0 Å². The predicted molar refractivity (Wildman–Crippen MR) is 115 cm³/mol. The van der Waals surface area contributed by atoms with Gasteiger partial charge in [0, 0.05) is 39.3 Å². The number of hydrogen-bond donors (Lipinski definition) is 2. The van der Waals surface area contributed by atoms with Crippen molar-refractivity contribution in [3.05, 3.63) is 0 Å². The summed E-state index contributed by atoms with van der Waals surface area (Å²) in [5.41, 5.74) is 0. The zero-order chi connectivity index (χ0) is 19.3. The standard InChI is InChI=1S/C21H43N5O/c1-4-19(5-2)20(26-14-16-27-17-15-26)18-24-21(22-3)23-10-6-7-11-25-12-8-9-13-25/h19-20H,4-18H2,1-3H3,(H2,22,23,24). The molecule has 0 aromatic carbocycles. The highest BCUT2D eigenvalue weighted by Gasteiger charge is 2.26. The number of unbranched alkanes of at least 4 members (excludes halogenated alkanes) is 1. The van der Waals surface area contributed by atoms with Crippen LogP contribution in [0.5, 0.6) is 0 Å². The van der Waals surface area contributed by atoms with Crippen molar-refractivity contribution in [1.82, 2.24) is 20.4 Å². The van der Waals surface area contributed by atoms with Gasteiger partial charge in [0.1, 0.15) is 0 Å². The molecule has 2 fully saturated rings. The number of nitrogens with zero attached hydrogens (tertiary/aromatic N) is 3. The van der Waals surface area contributed by atoms with E-state index < -0.39 is 0 Å². The van der Waals surface area contributed by atoms with E-state index in [4.69, 9.17) is 4.74 Å². The van der Waals surface area contributed by atoms with Crippen LogP contribution in [0.2, 0.25) is 0 Å². The molecule has 6 heteroatoms. The van der Waals surface area contributed by atoms with E-state index in [1.54, 1.807) is 0 Å². The van der Waals surface area contributed by atoms with E-state index in [1.165, 1.54) is 58.2 Å². The lowest BCUT2D eigenvalue weighted by Gasteiger charge is -2.39. The molecule has 158 valence electrons. The van der Waals surface area contributed by atoms with Crippen molar-refractivity contribution >= 4 is 5.96 Å². The molecule has 1 atom stereocenters. The Morgan fingerprint density at radius 3 is 2.33 bits per heavy atom. The monoisotopic (exact) mass is 381 g/mol. The van der Waals surface area contributed by atoms with E-state index >= 15 is 0 Å². The van der Waals surface area contributed by atoms with Crippen LogP contribution in [0.1, 0.15) is 52.4 Å². The molecule has 2 aliphatic rings. The van der Waals surface area contributed by atoms with Crippen molar-refractivity contribution in [2.75, 3.05) is 66.1 Å². The van der Waals surface area contributed by atoms with Gasteiger partial charge in [-0.15, -0.1) is 0 Å². The molecule has 0 aliphatic carbocycles. The van der Waals surface area contributed by atoms with Crippen LogP contribution in [-0.2, 0) is 4.74 Å².